The normalized spacial score (nSPS) is 11.0. The number of hydrogen-bond donors (Lipinski definition) is 0. The molecule has 3 aromatic carbocycles. The maximum absolute atomic E-state index is 5.39. The van der Waals surface area contributed by atoms with E-state index >= 15 is 0 Å². The predicted molar refractivity (Wildman–Crippen MR) is 109 cm³/mol. The topological polar surface area (TPSA) is 39.4 Å². The van der Waals surface area contributed by atoms with Crippen LogP contribution in [0.25, 0.3) is 16.9 Å². The van der Waals surface area contributed by atoms with Crippen LogP contribution in [0.3, 0.4) is 0 Å². The van der Waals surface area contributed by atoms with Crippen molar-refractivity contribution in [3.63, 3.8) is 0 Å². The van der Waals surface area contributed by atoms with Gasteiger partial charge in [-0.2, -0.15) is 5.10 Å². The maximum atomic E-state index is 5.39. The van der Waals surface area contributed by atoms with Crippen LogP contribution in [0.4, 0.5) is 5.69 Å². The molecule has 0 amide bonds. The molecular formula is C23H19N3O. The zero-order valence-corrected chi connectivity index (χ0v) is 15.0. The van der Waals surface area contributed by atoms with Gasteiger partial charge in [0.25, 0.3) is 0 Å². The zero-order valence-electron chi connectivity index (χ0n) is 15.0. The van der Waals surface area contributed by atoms with E-state index in [9.17, 15) is 0 Å². The molecule has 0 saturated carbocycles. The van der Waals surface area contributed by atoms with Crippen molar-refractivity contribution in [2.75, 3.05) is 7.11 Å². The Morgan fingerprint density at radius 3 is 2.26 bits per heavy atom. The van der Waals surface area contributed by atoms with Crippen molar-refractivity contribution < 1.29 is 4.74 Å². The third-order valence-corrected chi connectivity index (χ3v) is 4.24. The van der Waals surface area contributed by atoms with Gasteiger partial charge in [-0.05, 0) is 24.3 Å². The van der Waals surface area contributed by atoms with Crippen molar-refractivity contribution in [3.05, 3.63) is 96.7 Å². The van der Waals surface area contributed by atoms with E-state index < -0.39 is 0 Å². The van der Waals surface area contributed by atoms with Crippen LogP contribution in [-0.2, 0) is 0 Å². The lowest BCUT2D eigenvalue weighted by Gasteiger charge is -2.02. The fraction of sp³-hybridized carbons (Fsp3) is 0.0435. The second kappa shape index (κ2) is 7.70. The van der Waals surface area contributed by atoms with Crippen molar-refractivity contribution in [1.82, 2.24) is 9.78 Å². The van der Waals surface area contributed by atoms with Crippen LogP contribution in [0, 0.1) is 0 Å². The van der Waals surface area contributed by atoms with Crippen molar-refractivity contribution in [3.8, 4) is 22.7 Å². The number of para-hydroxylation sites is 3. The number of methoxy groups -OCH3 is 1. The van der Waals surface area contributed by atoms with Crippen molar-refractivity contribution >= 4 is 11.9 Å². The van der Waals surface area contributed by atoms with E-state index in [1.165, 1.54) is 0 Å². The SMILES string of the molecule is COc1ccccc1N=Cc1cn(-c2ccccc2)nc1-c1ccccc1. The number of aromatic nitrogens is 2. The van der Waals surface area contributed by atoms with Gasteiger partial charge in [0.05, 0.1) is 12.8 Å². The average Bonchev–Trinajstić information content (AvgIpc) is 3.18. The molecule has 132 valence electrons. The fourth-order valence-electron chi connectivity index (χ4n) is 2.89. The summed E-state index contributed by atoms with van der Waals surface area (Å²) in [5, 5.41) is 4.80. The van der Waals surface area contributed by atoms with Gasteiger partial charge < -0.3 is 4.74 Å². The Morgan fingerprint density at radius 2 is 1.52 bits per heavy atom. The Bertz CT molecular complexity index is 1050. The van der Waals surface area contributed by atoms with Crippen LogP contribution in [0.15, 0.2) is 96.1 Å². The molecule has 0 unspecified atom stereocenters. The fourth-order valence-corrected chi connectivity index (χ4v) is 2.89. The first kappa shape index (κ1) is 16.8. The van der Waals surface area contributed by atoms with E-state index in [2.05, 4.69) is 17.1 Å². The molecule has 1 aromatic heterocycles. The molecule has 27 heavy (non-hydrogen) atoms. The number of ether oxygens (including phenoxy) is 1. The minimum Gasteiger partial charge on any atom is -0.494 e. The first-order valence-electron chi connectivity index (χ1n) is 8.73. The van der Waals surface area contributed by atoms with Crippen LogP contribution in [0.1, 0.15) is 5.56 Å². The van der Waals surface area contributed by atoms with Crippen molar-refractivity contribution in [2.45, 2.75) is 0 Å². The highest BCUT2D eigenvalue weighted by atomic mass is 16.5. The first-order chi connectivity index (χ1) is 13.3. The summed E-state index contributed by atoms with van der Waals surface area (Å²) in [6.07, 6.45) is 3.84. The molecule has 0 radical (unpaired) electrons. The third kappa shape index (κ3) is 3.65. The Morgan fingerprint density at radius 1 is 0.852 bits per heavy atom. The summed E-state index contributed by atoms with van der Waals surface area (Å²) in [6.45, 7) is 0. The highest BCUT2D eigenvalue weighted by molar-refractivity contribution is 5.90. The van der Waals surface area contributed by atoms with Gasteiger partial charge in [-0.15, -0.1) is 0 Å². The Kier molecular flexibility index (Phi) is 4.79. The molecule has 0 atom stereocenters. The second-order valence-electron chi connectivity index (χ2n) is 6.01. The standard InChI is InChI=1S/C23H19N3O/c1-27-22-15-9-8-14-21(22)24-16-19-17-26(20-12-6-3-7-13-20)25-23(19)18-10-4-2-5-11-18/h2-17H,1H3. The van der Waals surface area contributed by atoms with E-state index in [0.717, 1.165) is 33.9 Å². The lowest BCUT2D eigenvalue weighted by Crippen LogP contribution is -1.93. The van der Waals surface area contributed by atoms with E-state index in [4.69, 9.17) is 9.84 Å². The molecule has 0 aliphatic rings. The van der Waals surface area contributed by atoms with Gasteiger partial charge in [0.2, 0.25) is 0 Å². The molecule has 4 aromatic rings. The third-order valence-electron chi connectivity index (χ3n) is 4.24. The first-order valence-corrected chi connectivity index (χ1v) is 8.73. The molecule has 0 spiro atoms. The van der Waals surface area contributed by atoms with Gasteiger partial charge in [-0.25, -0.2) is 4.68 Å². The minimum absolute atomic E-state index is 0.741. The van der Waals surface area contributed by atoms with E-state index in [1.807, 2.05) is 89.9 Å². The number of benzene rings is 3. The van der Waals surface area contributed by atoms with Gasteiger partial charge >= 0.3 is 0 Å². The number of aliphatic imine (C=N–C) groups is 1. The smallest absolute Gasteiger partial charge is 0.144 e. The van der Waals surface area contributed by atoms with Gasteiger partial charge in [-0.1, -0.05) is 60.7 Å². The molecule has 0 fully saturated rings. The van der Waals surface area contributed by atoms with Gasteiger partial charge in [0, 0.05) is 23.5 Å². The molecule has 0 N–H and O–H groups in total. The van der Waals surface area contributed by atoms with Crippen molar-refractivity contribution in [2.24, 2.45) is 4.99 Å². The predicted octanol–water partition coefficient (Wildman–Crippen LogP) is 5.30. The summed E-state index contributed by atoms with van der Waals surface area (Å²) in [6, 6.07) is 27.9. The van der Waals surface area contributed by atoms with E-state index in [-0.39, 0.29) is 0 Å². The van der Waals surface area contributed by atoms with Crippen LogP contribution in [0.2, 0.25) is 0 Å². The van der Waals surface area contributed by atoms with E-state index in [0.29, 0.717) is 0 Å². The van der Waals surface area contributed by atoms with Gasteiger partial charge in [-0.3, -0.25) is 4.99 Å². The Labute approximate surface area is 158 Å². The molecule has 0 bridgehead atoms. The summed E-state index contributed by atoms with van der Waals surface area (Å²) in [7, 11) is 1.65. The second-order valence-corrected chi connectivity index (χ2v) is 6.01. The quantitative estimate of drug-likeness (QED) is 0.457. The molecule has 4 rings (SSSR count). The Balaban J connectivity index is 1.79. The van der Waals surface area contributed by atoms with Crippen LogP contribution in [0.5, 0.6) is 5.75 Å². The van der Waals surface area contributed by atoms with E-state index in [1.54, 1.807) is 7.11 Å². The summed E-state index contributed by atoms with van der Waals surface area (Å²) in [5.74, 6) is 0.741. The molecule has 1 heterocycles. The lowest BCUT2D eigenvalue weighted by molar-refractivity contribution is 0.416. The number of rotatable bonds is 5. The summed E-state index contributed by atoms with van der Waals surface area (Å²) < 4.78 is 7.27. The number of hydrogen-bond acceptors (Lipinski definition) is 3. The minimum atomic E-state index is 0.741. The van der Waals surface area contributed by atoms with Crippen LogP contribution >= 0.6 is 0 Å². The Hall–Kier alpha value is -3.66. The summed E-state index contributed by atoms with van der Waals surface area (Å²) >= 11 is 0. The van der Waals surface area contributed by atoms with Crippen LogP contribution in [-0.4, -0.2) is 23.1 Å². The largest absolute Gasteiger partial charge is 0.494 e. The highest BCUT2D eigenvalue weighted by Gasteiger charge is 2.11. The summed E-state index contributed by atoms with van der Waals surface area (Å²) in [5.41, 5.74) is 4.67. The molecule has 0 aliphatic heterocycles. The lowest BCUT2D eigenvalue weighted by atomic mass is 10.1. The summed E-state index contributed by atoms with van der Waals surface area (Å²) in [4.78, 5) is 4.64. The maximum Gasteiger partial charge on any atom is 0.144 e. The van der Waals surface area contributed by atoms with Gasteiger partial charge in [0.1, 0.15) is 17.1 Å². The highest BCUT2D eigenvalue weighted by Crippen LogP contribution is 2.27. The average molecular weight is 353 g/mol. The molecule has 4 heteroatoms. The van der Waals surface area contributed by atoms with Crippen LogP contribution < -0.4 is 4.74 Å². The van der Waals surface area contributed by atoms with Crippen molar-refractivity contribution in [1.29, 1.82) is 0 Å². The molecular weight excluding hydrogens is 334 g/mol. The molecule has 4 nitrogen and oxygen atoms in total. The molecule has 0 aliphatic carbocycles. The molecule has 0 saturated heterocycles. The number of nitrogens with zero attached hydrogens (tertiary/aromatic N) is 3. The van der Waals surface area contributed by atoms with Gasteiger partial charge in [0.15, 0.2) is 0 Å². The zero-order chi connectivity index (χ0) is 18.5. The monoisotopic (exact) mass is 353 g/mol.